The summed E-state index contributed by atoms with van der Waals surface area (Å²) in [5.41, 5.74) is 1.93. The van der Waals surface area contributed by atoms with Crippen LogP contribution in [0, 0.1) is 6.92 Å². The number of aryl methyl sites for hydroxylation is 1. The summed E-state index contributed by atoms with van der Waals surface area (Å²) >= 11 is 0. The summed E-state index contributed by atoms with van der Waals surface area (Å²) in [5, 5.41) is 0. The number of hydrogen-bond donors (Lipinski definition) is 0. The normalized spacial score (nSPS) is 10.4. The fraction of sp³-hybridized carbons (Fsp3) is 0.200. The van der Waals surface area contributed by atoms with Gasteiger partial charge < -0.3 is 18.6 Å². The van der Waals surface area contributed by atoms with Gasteiger partial charge in [0.1, 0.15) is 18.1 Å². The van der Waals surface area contributed by atoms with Gasteiger partial charge in [0.25, 0.3) is 0 Å². The van der Waals surface area contributed by atoms with E-state index in [4.69, 9.17) is 18.6 Å². The van der Waals surface area contributed by atoms with Crippen LogP contribution in [0.2, 0.25) is 0 Å². The van der Waals surface area contributed by atoms with Gasteiger partial charge in [-0.25, -0.2) is 9.78 Å². The average molecular weight is 353 g/mol. The van der Waals surface area contributed by atoms with E-state index in [1.807, 2.05) is 31.2 Å². The third-order valence-electron chi connectivity index (χ3n) is 3.86. The molecule has 1 aromatic heterocycles. The molecule has 26 heavy (non-hydrogen) atoms. The van der Waals surface area contributed by atoms with Gasteiger partial charge in [0.05, 0.1) is 31.0 Å². The van der Waals surface area contributed by atoms with Crippen molar-refractivity contribution in [2.24, 2.45) is 0 Å². The molecule has 0 spiro atoms. The SMILES string of the molecule is COC(=O)c1cccc(OCc2oc(-c3ccccc3OC)nc2C)c1. The van der Waals surface area contributed by atoms with Gasteiger partial charge in [0.2, 0.25) is 5.89 Å². The minimum absolute atomic E-state index is 0.193. The van der Waals surface area contributed by atoms with Gasteiger partial charge in [-0.2, -0.15) is 0 Å². The number of aromatic nitrogens is 1. The Labute approximate surface area is 151 Å². The fourth-order valence-corrected chi connectivity index (χ4v) is 2.48. The largest absolute Gasteiger partial charge is 0.496 e. The molecule has 2 aromatic carbocycles. The minimum Gasteiger partial charge on any atom is -0.496 e. The predicted molar refractivity (Wildman–Crippen MR) is 95.3 cm³/mol. The van der Waals surface area contributed by atoms with Crippen LogP contribution in [0.4, 0.5) is 0 Å². The molecular weight excluding hydrogens is 334 g/mol. The van der Waals surface area contributed by atoms with E-state index in [0.717, 1.165) is 11.3 Å². The number of benzene rings is 2. The van der Waals surface area contributed by atoms with Crippen molar-refractivity contribution in [2.75, 3.05) is 14.2 Å². The zero-order chi connectivity index (χ0) is 18.5. The summed E-state index contributed by atoms with van der Waals surface area (Å²) in [6.45, 7) is 2.05. The maximum Gasteiger partial charge on any atom is 0.337 e. The van der Waals surface area contributed by atoms with E-state index in [-0.39, 0.29) is 6.61 Å². The predicted octanol–water partition coefficient (Wildman–Crippen LogP) is 4.02. The van der Waals surface area contributed by atoms with Gasteiger partial charge in [0, 0.05) is 0 Å². The average Bonchev–Trinajstić information content (AvgIpc) is 3.06. The molecule has 0 saturated carbocycles. The number of para-hydroxylation sites is 1. The monoisotopic (exact) mass is 353 g/mol. The quantitative estimate of drug-likeness (QED) is 0.623. The van der Waals surface area contributed by atoms with E-state index in [1.165, 1.54) is 7.11 Å². The Kier molecular flexibility index (Phi) is 5.22. The van der Waals surface area contributed by atoms with Gasteiger partial charge in [0.15, 0.2) is 5.76 Å². The number of methoxy groups -OCH3 is 2. The van der Waals surface area contributed by atoms with Crippen LogP contribution in [-0.4, -0.2) is 25.2 Å². The molecule has 134 valence electrons. The maximum absolute atomic E-state index is 11.6. The number of hydrogen-bond acceptors (Lipinski definition) is 6. The van der Waals surface area contributed by atoms with Crippen molar-refractivity contribution in [3.8, 4) is 23.0 Å². The molecular formula is C20H19NO5. The van der Waals surface area contributed by atoms with E-state index in [2.05, 4.69) is 4.98 Å². The van der Waals surface area contributed by atoms with E-state index in [1.54, 1.807) is 31.4 Å². The number of esters is 1. The fourth-order valence-electron chi connectivity index (χ4n) is 2.48. The third kappa shape index (κ3) is 3.69. The summed E-state index contributed by atoms with van der Waals surface area (Å²) in [7, 11) is 2.94. The highest BCUT2D eigenvalue weighted by Gasteiger charge is 2.15. The smallest absolute Gasteiger partial charge is 0.337 e. The number of carbonyl (C=O) groups excluding carboxylic acids is 1. The molecule has 0 fully saturated rings. The lowest BCUT2D eigenvalue weighted by Gasteiger charge is -2.06. The zero-order valence-electron chi connectivity index (χ0n) is 14.8. The molecule has 3 rings (SSSR count). The van der Waals surface area contributed by atoms with Crippen molar-refractivity contribution >= 4 is 5.97 Å². The molecule has 3 aromatic rings. The van der Waals surface area contributed by atoms with Crippen LogP contribution in [0.25, 0.3) is 11.5 Å². The first-order valence-electron chi connectivity index (χ1n) is 8.03. The number of nitrogens with zero attached hydrogens (tertiary/aromatic N) is 1. The van der Waals surface area contributed by atoms with Crippen molar-refractivity contribution in [3.63, 3.8) is 0 Å². The summed E-state index contributed by atoms with van der Waals surface area (Å²) in [4.78, 5) is 16.1. The Hall–Kier alpha value is -3.28. The van der Waals surface area contributed by atoms with Crippen molar-refractivity contribution < 1.29 is 23.4 Å². The topological polar surface area (TPSA) is 70.8 Å². The van der Waals surface area contributed by atoms with Gasteiger partial charge in [-0.15, -0.1) is 0 Å². The van der Waals surface area contributed by atoms with Crippen molar-refractivity contribution in [3.05, 3.63) is 65.5 Å². The van der Waals surface area contributed by atoms with Crippen molar-refractivity contribution in [1.82, 2.24) is 4.98 Å². The second kappa shape index (κ2) is 7.74. The summed E-state index contributed by atoms with van der Waals surface area (Å²) < 4.78 is 21.7. The molecule has 0 bridgehead atoms. The van der Waals surface area contributed by atoms with Crippen molar-refractivity contribution in [1.29, 1.82) is 0 Å². The zero-order valence-corrected chi connectivity index (χ0v) is 14.8. The van der Waals surface area contributed by atoms with Gasteiger partial charge in [-0.05, 0) is 37.3 Å². The Morgan fingerprint density at radius 2 is 1.92 bits per heavy atom. The van der Waals surface area contributed by atoms with Crippen LogP contribution in [-0.2, 0) is 11.3 Å². The minimum atomic E-state index is -0.412. The van der Waals surface area contributed by atoms with Crippen LogP contribution >= 0.6 is 0 Å². The maximum atomic E-state index is 11.6. The number of oxazole rings is 1. The first kappa shape index (κ1) is 17.5. The summed E-state index contributed by atoms with van der Waals surface area (Å²) in [6, 6.07) is 14.3. The summed E-state index contributed by atoms with van der Waals surface area (Å²) in [6.07, 6.45) is 0. The standard InChI is InChI=1S/C20H19NO5/c1-13-18(12-25-15-8-6-7-14(11-15)20(22)24-3)26-19(21-13)16-9-4-5-10-17(16)23-2/h4-11H,12H2,1-3H3. The van der Waals surface area contributed by atoms with Gasteiger partial charge >= 0.3 is 5.97 Å². The molecule has 0 unspecified atom stereocenters. The molecule has 0 atom stereocenters. The highest BCUT2D eigenvalue weighted by molar-refractivity contribution is 5.89. The van der Waals surface area contributed by atoms with E-state index in [9.17, 15) is 4.79 Å². The number of carbonyl (C=O) groups is 1. The van der Waals surface area contributed by atoms with Gasteiger partial charge in [-0.1, -0.05) is 18.2 Å². The highest BCUT2D eigenvalue weighted by atomic mass is 16.5. The molecule has 6 nitrogen and oxygen atoms in total. The first-order chi connectivity index (χ1) is 12.6. The lowest BCUT2D eigenvalue weighted by atomic mass is 10.2. The molecule has 0 radical (unpaired) electrons. The number of ether oxygens (including phenoxy) is 3. The molecule has 0 N–H and O–H groups in total. The Morgan fingerprint density at radius 1 is 1.12 bits per heavy atom. The van der Waals surface area contributed by atoms with Gasteiger partial charge in [-0.3, -0.25) is 0 Å². The van der Waals surface area contributed by atoms with Crippen LogP contribution < -0.4 is 9.47 Å². The molecule has 0 aliphatic carbocycles. The van der Waals surface area contributed by atoms with E-state index in [0.29, 0.717) is 28.7 Å². The summed E-state index contributed by atoms with van der Waals surface area (Å²) in [5.74, 6) is 1.90. The highest BCUT2D eigenvalue weighted by Crippen LogP contribution is 2.30. The van der Waals surface area contributed by atoms with E-state index < -0.39 is 5.97 Å². The second-order valence-corrected chi connectivity index (χ2v) is 5.54. The Balaban J connectivity index is 1.78. The van der Waals surface area contributed by atoms with Crippen LogP contribution in [0.3, 0.4) is 0 Å². The van der Waals surface area contributed by atoms with Crippen LogP contribution in [0.15, 0.2) is 52.9 Å². The number of rotatable bonds is 6. The third-order valence-corrected chi connectivity index (χ3v) is 3.86. The Bertz CT molecular complexity index is 916. The molecule has 0 saturated heterocycles. The Morgan fingerprint density at radius 3 is 2.69 bits per heavy atom. The van der Waals surface area contributed by atoms with Crippen LogP contribution in [0.1, 0.15) is 21.8 Å². The molecule has 0 aliphatic heterocycles. The molecule has 0 aliphatic rings. The second-order valence-electron chi connectivity index (χ2n) is 5.54. The molecule has 6 heteroatoms. The van der Waals surface area contributed by atoms with E-state index >= 15 is 0 Å². The molecule has 0 amide bonds. The lowest BCUT2D eigenvalue weighted by molar-refractivity contribution is 0.0600. The first-order valence-corrected chi connectivity index (χ1v) is 8.03. The van der Waals surface area contributed by atoms with Crippen molar-refractivity contribution in [2.45, 2.75) is 13.5 Å². The molecule has 1 heterocycles. The lowest BCUT2D eigenvalue weighted by Crippen LogP contribution is -2.02. The van der Waals surface area contributed by atoms with Crippen LogP contribution in [0.5, 0.6) is 11.5 Å².